The number of nitrogens with one attached hydrogen (secondary N) is 1. The lowest BCUT2D eigenvalue weighted by atomic mass is 9.85. The van der Waals surface area contributed by atoms with Gasteiger partial charge in [-0.05, 0) is 50.0 Å². The van der Waals surface area contributed by atoms with Gasteiger partial charge in [-0.15, -0.1) is 11.3 Å². The van der Waals surface area contributed by atoms with Crippen LogP contribution in [0, 0.1) is 11.8 Å². The van der Waals surface area contributed by atoms with E-state index < -0.39 is 0 Å². The Morgan fingerprint density at radius 1 is 1.11 bits per heavy atom. The molecule has 1 heterocycles. The van der Waals surface area contributed by atoms with Crippen LogP contribution in [0.5, 0.6) is 0 Å². The van der Waals surface area contributed by atoms with Crippen LogP contribution in [-0.4, -0.2) is 18.5 Å². The number of amides is 1. The third kappa shape index (κ3) is 5.13. The predicted octanol–water partition coefficient (Wildman–Crippen LogP) is 5.74. The van der Waals surface area contributed by atoms with E-state index in [2.05, 4.69) is 12.2 Å². The molecule has 3 rings (SSSR count). The Morgan fingerprint density at radius 3 is 2.59 bits per heavy atom. The lowest BCUT2D eigenvalue weighted by Crippen LogP contribution is -2.18. The highest BCUT2D eigenvalue weighted by molar-refractivity contribution is 7.17. The number of rotatable bonds is 7. The minimum Gasteiger partial charge on any atom is -0.462 e. The maximum Gasteiger partial charge on any atom is 0.341 e. The van der Waals surface area contributed by atoms with Crippen molar-refractivity contribution >= 4 is 28.2 Å². The summed E-state index contributed by atoms with van der Waals surface area (Å²) in [4.78, 5) is 26.4. The zero-order valence-electron chi connectivity index (χ0n) is 16.8. The summed E-state index contributed by atoms with van der Waals surface area (Å²) in [6, 6.07) is 0. The fraction of sp³-hybridized carbons (Fsp3) is 0.727. The van der Waals surface area contributed by atoms with Crippen LogP contribution in [0.3, 0.4) is 0 Å². The molecule has 5 heteroatoms. The first kappa shape index (κ1) is 20.4. The van der Waals surface area contributed by atoms with Crippen molar-refractivity contribution in [1.29, 1.82) is 0 Å². The zero-order chi connectivity index (χ0) is 19.2. The van der Waals surface area contributed by atoms with Gasteiger partial charge in [-0.2, -0.15) is 0 Å². The molecular formula is C22H33NO3S. The highest BCUT2D eigenvalue weighted by Gasteiger charge is 2.30. The first-order valence-corrected chi connectivity index (χ1v) is 11.6. The Labute approximate surface area is 167 Å². The lowest BCUT2D eigenvalue weighted by Gasteiger charge is -2.21. The normalized spacial score (nSPS) is 20.1. The number of fused-ring (bicyclic) bond motifs is 1. The topological polar surface area (TPSA) is 55.4 Å². The van der Waals surface area contributed by atoms with Gasteiger partial charge in [0.2, 0.25) is 5.91 Å². The third-order valence-corrected chi connectivity index (χ3v) is 7.35. The number of carbonyl (C=O) groups is 2. The van der Waals surface area contributed by atoms with E-state index in [0.29, 0.717) is 35.4 Å². The van der Waals surface area contributed by atoms with E-state index in [0.717, 1.165) is 37.7 Å². The number of thiophene rings is 1. The molecule has 0 aromatic carbocycles. The van der Waals surface area contributed by atoms with Crippen molar-refractivity contribution in [3.05, 3.63) is 16.0 Å². The summed E-state index contributed by atoms with van der Waals surface area (Å²) >= 11 is 1.59. The summed E-state index contributed by atoms with van der Waals surface area (Å²) < 4.78 is 5.30. The maximum absolute atomic E-state index is 12.6. The van der Waals surface area contributed by atoms with Crippen molar-refractivity contribution in [2.24, 2.45) is 11.8 Å². The number of hydrogen-bond acceptors (Lipinski definition) is 4. The van der Waals surface area contributed by atoms with Gasteiger partial charge in [-0.3, -0.25) is 4.79 Å². The Balaban J connectivity index is 1.70. The summed E-state index contributed by atoms with van der Waals surface area (Å²) in [5.74, 6) is 1.13. The van der Waals surface area contributed by atoms with Crippen LogP contribution in [-0.2, 0) is 22.4 Å². The predicted molar refractivity (Wildman–Crippen MR) is 111 cm³/mol. The Bertz CT molecular complexity index is 661. The molecule has 1 N–H and O–H groups in total. The summed E-state index contributed by atoms with van der Waals surface area (Å²) in [5.41, 5.74) is 1.74. The molecule has 0 saturated heterocycles. The second kappa shape index (κ2) is 9.72. The van der Waals surface area contributed by atoms with Crippen LogP contribution in [0.1, 0.15) is 92.4 Å². The number of anilines is 1. The van der Waals surface area contributed by atoms with E-state index in [4.69, 9.17) is 4.74 Å². The summed E-state index contributed by atoms with van der Waals surface area (Å²) in [5, 5.41) is 3.77. The van der Waals surface area contributed by atoms with Gasteiger partial charge in [-0.25, -0.2) is 4.79 Å². The molecule has 1 aromatic rings. The molecule has 1 aromatic heterocycles. The van der Waals surface area contributed by atoms with E-state index >= 15 is 0 Å². The van der Waals surface area contributed by atoms with Crippen LogP contribution in [0.15, 0.2) is 0 Å². The molecular weight excluding hydrogens is 358 g/mol. The molecule has 0 aliphatic heterocycles. The Kier molecular flexibility index (Phi) is 7.33. The maximum atomic E-state index is 12.6. The number of hydrogen-bond donors (Lipinski definition) is 1. The van der Waals surface area contributed by atoms with Crippen molar-refractivity contribution in [3.8, 4) is 0 Å². The van der Waals surface area contributed by atoms with Gasteiger partial charge >= 0.3 is 5.97 Å². The molecule has 1 unspecified atom stereocenters. The first-order valence-electron chi connectivity index (χ1n) is 10.7. The molecule has 2 aliphatic carbocycles. The average molecular weight is 392 g/mol. The quantitative estimate of drug-likeness (QED) is 0.603. The van der Waals surface area contributed by atoms with Crippen LogP contribution >= 0.6 is 11.3 Å². The molecule has 150 valence electrons. The van der Waals surface area contributed by atoms with Crippen molar-refractivity contribution in [2.45, 2.75) is 84.5 Å². The molecule has 0 radical (unpaired) electrons. The standard InChI is InChI=1S/C22H33NO3S/c1-3-15-10-12-17-18(14-15)27-21(20(17)22(25)26-4-2)23-19(24)13-11-16-8-6-5-7-9-16/h15-16H,3-14H2,1-2H3,(H,23,24). The largest absolute Gasteiger partial charge is 0.462 e. The molecule has 0 bridgehead atoms. The zero-order valence-corrected chi connectivity index (χ0v) is 17.6. The molecule has 1 fully saturated rings. The third-order valence-electron chi connectivity index (χ3n) is 6.18. The van der Waals surface area contributed by atoms with Gasteiger partial charge in [0.15, 0.2) is 0 Å². The molecule has 1 saturated carbocycles. The van der Waals surface area contributed by atoms with Gasteiger partial charge in [0, 0.05) is 11.3 Å². The number of carbonyl (C=O) groups excluding carboxylic acids is 2. The monoisotopic (exact) mass is 391 g/mol. The van der Waals surface area contributed by atoms with Crippen molar-refractivity contribution in [1.82, 2.24) is 0 Å². The van der Waals surface area contributed by atoms with E-state index in [9.17, 15) is 9.59 Å². The fourth-order valence-electron chi connectivity index (χ4n) is 4.51. The van der Waals surface area contributed by atoms with Gasteiger partial charge in [0.25, 0.3) is 0 Å². The molecule has 0 spiro atoms. The van der Waals surface area contributed by atoms with Crippen LogP contribution in [0.4, 0.5) is 5.00 Å². The summed E-state index contributed by atoms with van der Waals surface area (Å²) in [6.45, 7) is 4.41. The average Bonchev–Trinajstić information content (AvgIpc) is 3.04. The van der Waals surface area contributed by atoms with Gasteiger partial charge in [0.05, 0.1) is 12.2 Å². The number of ether oxygens (including phenoxy) is 1. The highest BCUT2D eigenvalue weighted by Crippen LogP contribution is 2.41. The summed E-state index contributed by atoms with van der Waals surface area (Å²) in [7, 11) is 0. The van der Waals surface area contributed by atoms with E-state index in [1.165, 1.54) is 37.0 Å². The van der Waals surface area contributed by atoms with E-state index in [-0.39, 0.29) is 11.9 Å². The minimum absolute atomic E-state index is 0.0387. The van der Waals surface area contributed by atoms with E-state index in [1.54, 1.807) is 11.3 Å². The van der Waals surface area contributed by atoms with Crippen LogP contribution in [0.2, 0.25) is 0 Å². The van der Waals surface area contributed by atoms with Gasteiger partial charge in [-0.1, -0.05) is 45.4 Å². The fourth-order valence-corrected chi connectivity index (χ4v) is 5.88. The molecule has 4 nitrogen and oxygen atoms in total. The van der Waals surface area contributed by atoms with Crippen LogP contribution in [0.25, 0.3) is 0 Å². The van der Waals surface area contributed by atoms with Crippen molar-refractivity contribution in [3.63, 3.8) is 0 Å². The highest BCUT2D eigenvalue weighted by atomic mass is 32.1. The molecule has 27 heavy (non-hydrogen) atoms. The second-order valence-electron chi connectivity index (χ2n) is 8.04. The smallest absolute Gasteiger partial charge is 0.341 e. The first-order chi connectivity index (χ1) is 13.1. The van der Waals surface area contributed by atoms with Crippen molar-refractivity contribution < 1.29 is 14.3 Å². The SMILES string of the molecule is CCOC(=O)c1c(NC(=O)CCC2CCCCC2)sc2c1CCC(CC)C2. The minimum atomic E-state index is -0.285. The second-order valence-corrected chi connectivity index (χ2v) is 9.14. The lowest BCUT2D eigenvalue weighted by molar-refractivity contribution is -0.116. The Morgan fingerprint density at radius 2 is 1.89 bits per heavy atom. The molecule has 1 atom stereocenters. The van der Waals surface area contributed by atoms with Crippen LogP contribution < -0.4 is 5.32 Å². The summed E-state index contributed by atoms with van der Waals surface area (Å²) in [6.07, 6.45) is 12.2. The van der Waals surface area contributed by atoms with Gasteiger partial charge < -0.3 is 10.1 Å². The molecule has 2 aliphatic rings. The van der Waals surface area contributed by atoms with Crippen molar-refractivity contribution in [2.75, 3.05) is 11.9 Å². The number of esters is 1. The van der Waals surface area contributed by atoms with E-state index in [1.807, 2.05) is 6.92 Å². The molecule has 1 amide bonds. The van der Waals surface area contributed by atoms with Gasteiger partial charge in [0.1, 0.15) is 5.00 Å². The Hall–Kier alpha value is -1.36.